The number of guanidine groups is 1. The minimum absolute atomic E-state index is 0.540. The summed E-state index contributed by atoms with van der Waals surface area (Å²) in [6, 6.07) is 6.48. The maximum absolute atomic E-state index is 5.49. The second kappa shape index (κ2) is 10.1. The summed E-state index contributed by atoms with van der Waals surface area (Å²) >= 11 is 0. The van der Waals surface area contributed by atoms with Crippen LogP contribution in [-0.4, -0.2) is 57.3 Å². The van der Waals surface area contributed by atoms with Gasteiger partial charge in [0.25, 0.3) is 0 Å². The normalized spacial score (nSPS) is 18.2. The summed E-state index contributed by atoms with van der Waals surface area (Å²) in [5.74, 6) is 2.32. The highest BCUT2D eigenvalue weighted by atomic mass is 16.5. The zero-order valence-corrected chi connectivity index (χ0v) is 16.0. The van der Waals surface area contributed by atoms with Crippen LogP contribution in [0, 0.1) is 0 Å². The van der Waals surface area contributed by atoms with E-state index in [1.54, 1.807) is 14.2 Å². The summed E-state index contributed by atoms with van der Waals surface area (Å²) in [5, 5.41) is 6.81. The van der Waals surface area contributed by atoms with E-state index in [0.29, 0.717) is 12.6 Å². The van der Waals surface area contributed by atoms with E-state index in [1.165, 1.54) is 19.4 Å². The van der Waals surface area contributed by atoms with E-state index in [9.17, 15) is 0 Å². The maximum atomic E-state index is 5.49. The number of likely N-dealkylation sites (N-methyl/N-ethyl adjacent to an activating group) is 1. The van der Waals surface area contributed by atoms with Gasteiger partial charge in [-0.3, -0.25) is 4.90 Å². The third kappa shape index (κ3) is 5.26. The van der Waals surface area contributed by atoms with Crippen molar-refractivity contribution in [1.82, 2.24) is 15.5 Å². The Morgan fingerprint density at radius 2 is 2.08 bits per heavy atom. The molecule has 1 saturated heterocycles. The van der Waals surface area contributed by atoms with Gasteiger partial charge in [0.05, 0.1) is 20.8 Å². The van der Waals surface area contributed by atoms with Crippen molar-refractivity contribution < 1.29 is 9.47 Å². The topological polar surface area (TPSA) is 58.1 Å². The highest BCUT2D eigenvalue weighted by Gasteiger charge is 2.22. The van der Waals surface area contributed by atoms with Crippen LogP contribution in [0.5, 0.6) is 11.5 Å². The maximum Gasteiger partial charge on any atom is 0.191 e. The average Bonchev–Trinajstić information content (AvgIpc) is 3.11. The van der Waals surface area contributed by atoms with Gasteiger partial charge < -0.3 is 20.1 Å². The van der Waals surface area contributed by atoms with Gasteiger partial charge in [0.1, 0.15) is 0 Å². The van der Waals surface area contributed by atoms with E-state index < -0.39 is 0 Å². The predicted octanol–water partition coefficient (Wildman–Crippen LogP) is 2.24. The summed E-state index contributed by atoms with van der Waals surface area (Å²) < 4.78 is 10.8. The molecule has 1 aliphatic rings. The Kier molecular flexibility index (Phi) is 7.85. The molecule has 1 aromatic rings. The van der Waals surface area contributed by atoms with Crippen molar-refractivity contribution in [3.05, 3.63) is 23.8 Å². The Morgan fingerprint density at radius 3 is 2.76 bits per heavy atom. The highest BCUT2D eigenvalue weighted by molar-refractivity contribution is 5.79. The van der Waals surface area contributed by atoms with Crippen molar-refractivity contribution in [2.45, 2.75) is 39.3 Å². The van der Waals surface area contributed by atoms with Crippen LogP contribution in [0.4, 0.5) is 0 Å². The van der Waals surface area contributed by atoms with Crippen molar-refractivity contribution in [3.63, 3.8) is 0 Å². The first-order valence-corrected chi connectivity index (χ1v) is 9.19. The Morgan fingerprint density at radius 1 is 1.24 bits per heavy atom. The number of methoxy groups -OCH3 is 2. The number of hydrogen-bond donors (Lipinski definition) is 2. The van der Waals surface area contributed by atoms with Crippen LogP contribution >= 0.6 is 0 Å². The standard InChI is InChI=1S/C19H32N4O2/c1-5-20-19(22-14-16-10-8-12-23(16)6-2)21-13-15-9-7-11-17(24-3)18(15)25-4/h7,9,11,16H,5-6,8,10,12-14H2,1-4H3,(H2,20,21,22). The summed E-state index contributed by atoms with van der Waals surface area (Å²) in [6.45, 7) is 8.93. The number of para-hydroxylation sites is 1. The molecule has 1 unspecified atom stereocenters. The Hall–Kier alpha value is -1.95. The monoisotopic (exact) mass is 348 g/mol. The van der Waals surface area contributed by atoms with Gasteiger partial charge in [-0.2, -0.15) is 0 Å². The number of nitrogens with zero attached hydrogens (tertiary/aromatic N) is 2. The zero-order chi connectivity index (χ0) is 18.1. The first-order chi connectivity index (χ1) is 12.2. The molecule has 1 aliphatic heterocycles. The molecule has 1 heterocycles. The van der Waals surface area contributed by atoms with E-state index in [0.717, 1.165) is 42.7 Å². The van der Waals surface area contributed by atoms with Crippen LogP contribution in [0.15, 0.2) is 23.2 Å². The van der Waals surface area contributed by atoms with Gasteiger partial charge in [-0.05, 0) is 38.9 Å². The van der Waals surface area contributed by atoms with E-state index >= 15 is 0 Å². The van der Waals surface area contributed by atoms with Crippen LogP contribution < -0.4 is 20.1 Å². The average molecular weight is 348 g/mol. The highest BCUT2D eigenvalue weighted by Crippen LogP contribution is 2.31. The van der Waals surface area contributed by atoms with Gasteiger partial charge >= 0.3 is 0 Å². The van der Waals surface area contributed by atoms with Crippen LogP contribution in [0.3, 0.4) is 0 Å². The smallest absolute Gasteiger partial charge is 0.191 e. The Labute approximate surface area is 151 Å². The second-order valence-corrected chi connectivity index (χ2v) is 6.15. The molecule has 0 saturated carbocycles. The number of nitrogens with one attached hydrogen (secondary N) is 2. The Bertz CT molecular complexity index is 562. The van der Waals surface area contributed by atoms with Crippen molar-refractivity contribution >= 4 is 5.96 Å². The molecule has 0 amide bonds. The summed E-state index contributed by atoms with van der Waals surface area (Å²) in [4.78, 5) is 7.25. The van der Waals surface area contributed by atoms with Gasteiger partial charge in [-0.25, -0.2) is 4.99 Å². The molecule has 0 aliphatic carbocycles. The predicted molar refractivity (Wildman–Crippen MR) is 103 cm³/mol. The van der Waals surface area contributed by atoms with Gasteiger partial charge in [0.2, 0.25) is 0 Å². The number of ether oxygens (including phenoxy) is 2. The largest absolute Gasteiger partial charge is 0.493 e. The van der Waals surface area contributed by atoms with Crippen molar-refractivity contribution in [2.24, 2.45) is 4.99 Å². The van der Waals surface area contributed by atoms with Crippen LogP contribution in [0.1, 0.15) is 32.3 Å². The summed E-state index contributed by atoms with van der Waals surface area (Å²) in [7, 11) is 3.31. The molecular weight excluding hydrogens is 316 g/mol. The SMILES string of the molecule is CCNC(=NCc1cccc(OC)c1OC)NCC1CCCN1CC. The first-order valence-electron chi connectivity index (χ1n) is 9.19. The van der Waals surface area contributed by atoms with Crippen molar-refractivity contribution in [3.8, 4) is 11.5 Å². The molecule has 6 nitrogen and oxygen atoms in total. The molecular formula is C19H32N4O2. The lowest BCUT2D eigenvalue weighted by atomic mass is 10.2. The fraction of sp³-hybridized carbons (Fsp3) is 0.632. The van der Waals surface area contributed by atoms with Gasteiger partial charge in [0.15, 0.2) is 17.5 Å². The molecule has 0 aromatic heterocycles. The fourth-order valence-corrected chi connectivity index (χ4v) is 3.34. The Balaban J connectivity index is 2.02. The second-order valence-electron chi connectivity index (χ2n) is 6.15. The zero-order valence-electron chi connectivity index (χ0n) is 16.0. The van der Waals surface area contributed by atoms with Crippen LogP contribution in [-0.2, 0) is 6.54 Å². The molecule has 2 rings (SSSR count). The number of hydrogen-bond acceptors (Lipinski definition) is 4. The van der Waals surface area contributed by atoms with E-state index in [2.05, 4.69) is 29.4 Å². The van der Waals surface area contributed by atoms with Crippen molar-refractivity contribution in [1.29, 1.82) is 0 Å². The van der Waals surface area contributed by atoms with Gasteiger partial charge in [-0.1, -0.05) is 19.1 Å². The molecule has 2 N–H and O–H groups in total. The third-order valence-corrected chi connectivity index (χ3v) is 4.65. The van der Waals surface area contributed by atoms with Crippen molar-refractivity contribution in [2.75, 3.05) is 40.4 Å². The molecule has 1 atom stereocenters. The molecule has 0 spiro atoms. The molecule has 0 radical (unpaired) electrons. The van der Waals surface area contributed by atoms with E-state index in [-0.39, 0.29) is 0 Å². The molecule has 0 bridgehead atoms. The van der Waals surface area contributed by atoms with Gasteiger partial charge in [-0.15, -0.1) is 0 Å². The van der Waals surface area contributed by atoms with Crippen LogP contribution in [0.2, 0.25) is 0 Å². The van der Waals surface area contributed by atoms with E-state index in [4.69, 9.17) is 14.5 Å². The summed E-state index contributed by atoms with van der Waals surface area (Å²) in [5.41, 5.74) is 1.01. The number of benzene rings is 1. The lowest BCUT2D eigenvalue weighted by molar-refractivity contribution is 0.267. The van der Waals surface area contributed by atoms with Crippen LogP contribution in [0.25, 0.3) is 0 Å². The molecule has 25 heavy (non-hydrogen) atoms. The van der Waals surface area contributed by atoms with Gasteiger partial charge in [0, 0.05) is 24.7 Å². The molecule has 1 aromatic carbocycles. The fourth-order valence-electron chi connectivity index (χ4n) is 3.34. The quantitative estimate of drug-likeness (QED) is 0.557. The third-order valence-electron chi connectivity index (χ3n) is 4.65. The minimum Gasteiger partial charge on any atom is -0.493 e. The lowest BCUT2D eigenvalue weighted by Gasteiger charge is -2.24. The minimum atomic E-state index is 0.540. The first kappa shape index (κ1) is 19.4. The molecule has 140 valence electrons. The number of rotatable bonds is 8. The number of aliphatic imine (C=N–C) groups is 1. The molecule has 6 heteroatoms. The lowest BCUT2D eigenvalue weighted by Crippen LogP contribution is -2.44. The number of likely N-dealkylation sites (tertiary alicyclic amines) is 1. The molecule has 1 fully saturated rings. The summed E-state index contributed by atoms with van der Waals surface area (Å²) in [6.07, 6.45) is 2.54. The van der Waals surface area contributed by atoms with E-state index in [1.807, 2.05) is 18.2 Å².